The summed E-state index contributed by atoms with van der Waals surface area (Å²) in [4.78, 5) is 11.7. The van der Waals surface area contributed by atoms with Gasteiger partial charge < -0.3 is 5.73 Å². The minimum Gasteiger partial charge on any atom is -0.370 e. The summed E-state index contributed by atoms with van der Waals surface area (Å²) in [6, 6.07) is 3.99. The lowest BCUT2D eigenvalue weighted by molar-refractivity contribution is -0.119. The van der Waals surface area contributed by atoms with Crippen LogP contribution < -0.4 is 11.1 Å². The van der Waals surface area contributed by atoms with Crippen molar-refractivity contribution >= 4 is 17.4 Å². The summed E-state index contributed by atoms with van der Waals surface area (Å²) in [5.41, 5.74) is 10.2. The molecule has 0 aromatic heterocycles. The second kappa shape index (κ2) is 5.49. The van der Waals surface area contributed by atoms with Gasteiger partial charge in [-0.15, -0.1) is 0 Å². The summed E-state index contributed by atoms with van der Waals surface area (Å²) in [5, 5.41) is 9.33. The number of rotatable bonds is 3. The fraction of sp³-hybridized carbons (Fsp3) is 0.286. The van der Waals surface area contributed by atoms with Gasteiger partial charge >= 0.3 is 0 Å². The molecule has 0 aliphatic rings. The van der Waals surface area contributed by atoms with Gasteiger partial charge in [-0.2, -0.15) is 0 Å². The summed E-state index contributed by atoms with van der Waals surface area (Å²) in [5.74, 6) is -0.598. The third-order valence-corrected chi connectivity index (χ3v) is 2.90. The van der Waals surface area contributed by atoms with Gasteiger partial charge in [-0.3, -0.25) is 15.5 Å². The van der Waals surface area contributed by atoms with E-state index in [1.54, 1.807) is 0 Å². The highest BCUT2D eigenvalue weighted by molar-refractivity contribution is 5.95. The number of allylic oxidation sites excluding steroid dienone is 1. The number of amides is 1. The highest BCUT2D eigenvalue weighted by Gasteiger charge is 2.12. The second-order valence-electron chi connectivity index (χ2n) is 4.45. The molecule has 0 aliphatic carbocycles. The van der Waals surface area contributed by atoms with Crippen LogP contribution in [0.15, 0.2) is 18.7 Å². The van der Waals surface area contributed by atoms with E-state index in [0.717, 1.165) is 27.8 Å². The van der Waals surface area contributed by atoms with Gasteiger partial charge in [0.25, 0.3) is 0 Å². The Morgan fingerprint density at radius 1 is 1.44 bits per heavy atom. The van der Waals surface area contributed by atoms with Gasteiger partial charge in [0.15, 0.2) is 5.96 Å². The number of carbonyl (C=O) groups excluding carboxylic acids is 1. The molecule has 0 bridgehead atoms. The number of aryl methyl sites for hydroxylation is 1. The smallest absolute Gasteiger partial charge is 0.231 e. The number of nitrogens with one attached hydrogen (secondary N) is 2. The normalized spacial score (nSPS) is 9.94. The number of benzene rings is 1. The Labute approximate surface area is 107 Å². The van der Waals surface area contributed by atoms with Crippen LogP contribution in [-0.2, 0) is 11.2 Å². The first kappa shape index (κ1) is 14.0. The first-order chi connectivity index (χ1) is 8.32. The Kier molecular flexibility index (Phi) is 4.26. The molecular weight excluding hydrogens is 226 g/mol. The number of hydrogen-bond donors (Lipinski definition) is 3. The first-order valence-corrected chi connectivity index (χ1v) is 5.71. The fourth-order valence-corrected chi connectivity index (χ4v) is 1.98. The molecule has 4 heteroatoms. The van der Waals surface area contributed by atoms with Crippen molar-refractivity contribution in [3.63, 3.8) is 0 Å². The highest BCUT2D eigenvalue weighted by Crippen LogP contribution is 2.23. The van der Waals surface area contributed by atoms with Crippen molar-refractivity contribution in [2.24, 2.45) is 5.73 Å². The molecule has 1 rings (SSSR count). The van der Waals surface area contributed by atoms with Crippen molar-refractivity contribution in [3.05, 3.63) is 41.0 Å². The van der Waals surface area contributed by atoms with E-state index in [-0.39, 0.29) is 18.3 Å². The molecule has 4 nitrogen and oxygen atoms in total. The van der Waals surface area contributed by atoms with Crippen LogP contribution in [0.2, 0.25) is 0 Å². The standard InChI is InChI=1S/C14H19N3O/c1-8(2)11-6-5-9(3)12(10(11)4)7-13(18)17-14(15)16/h5-6H,1,7H2,2-4H3,(H4,15,16,17,18). The van der Waals surface area contributed by atoms with E-state index in [9.17, 15) is 4.79 Å². The molecule has 0 spiro atoms. The summed E-state index contributed by atoms with van der Waals surface area (Å²) >= 11 is 0. The van der Waals surface area contributed by atoms with Crippen molar-refractivity contribution in [2.45, 2.75) is 27.2 Å². The summed E-state index contributed by atoms with van der Waals surface area (Å²) < 4.78 is 0. The zero-order valence-corrected chi connectivity index (χ0v) is 11.1. The van der Waals surface area contributed by atoms with Gasteiger partial charge in [0, 0.05) is 0 Å². The van der Waals surface area contributed by atoms with Crippen molar-refractivity contribution in [2.75, 3.05) is 0 Å². The molecular formula is C14H19N3O. The number of hydrogen-bond acceptors (Lipinski definition) is 2. The molecule has 0 saturated heterocycles. The summed E-state index contributed by atoms with van der Waals surface area (Å²) in [7, 11) is 0. The van der Waals surface area contributed by atoms with E-state index in [1.165, 1.54) is 0 Å². The molecule has 18 heavy (non-hydrogen) atoms. The average Bonchev–Trinajstić information content (AvgIpc) is 2.22. The van der Waals surface area contributed by atoms with E-state index in [1.807, 2.05) is 32.9 Å². The minimum atomic E-state index is -0.327. The molecule has 0 fully saturated rings. The van der Waals surface area contributed by atoms with E-state index < -0.39 is 0 Å². The lowest BCUT2D eigenvalue weighted by Gasteiger charge is -2.14. The summed E-state index contributed by atoms with van der Waals surface area (Å²) in [6.07, 6.45) is 0.221. The van der Waals surface area contributed by atoms with Crippen LogP contribution >= 0.6 is 0 Å². The van der Waals surface area contributed by atoms with E-state index in [2.05, 4.69) is 11.9 Å². The monoisotopic (exact) mass is 245 g/mol. The van der Waals surface area contributed by atoms with Crippen LogP contribution in [0.1, 0.15) is 29.2 Å². The molecule has 0 aliphatic heterocycles. The maximum Gasteiger partial charge on any atom is 0.231 e. The van der Waals surface area contributed by atoms with Crippen molar-refractivity contribution in [1.29, 1.82) is 5.41 Å². The quantitative estimate of drug-likeness (QED) is 0.561. The van der Waals surface area contributed by atoms with Gasteiger partial charge in [0.05, 0.1) is 6.42 Å². The van der Waals surface area contributed by atoms with Crippen LogP contribution in [0.3, 0.4) is 0 Å². The molecule has 0 heterocycles. The Morgan fingerprint density at radius 3 is 2.56 bits per heavy atom. The molecule has 1 aromatic rings. The Balaban J connectivity index is 3.08. The van der Waals surface area contributed by atoms with Gasteiger partial charge in [0.2, 0.25) is 5.91 Å². The molecule has 1 aromatic carbocycles. The first-order valence-electron chi connectivity index (χ1n) is 5.71. The molecule has 4 N–H and O–H groups in total. The Morgan fingerprint density at radius 2 is 2.06 bits per heavy atom. The predicted molar refractivity (Wildman–Crippen MR) is 74.4 cm³/mol. The largest absolute Gasteiger partial charge is 0.370 e. The molecule has 0 atom stereocenters. The van der Waals surface area contributed by atoms with Crippen molar-refractivity contribution in [3.8, 4) is 0 Å². The lowest BCUT2D eigenvalue weighted by Crippen LogP contribution is -2.36. The fourth-order valence-electron chi connectivity index (χ4n) is 1.98. The van der Waals surface area contributed by atoms with Crippen molar-refractivity contribution < 1.29 is 4.79 Å². The minimum absolute atomic E-state index is 0.221. The third-order valence-electron chi connectivity index (χ3n) is 2.90. The average molecular weight is 245 g/mol. The molecule has 0 unspecified atom stereocenters. The molecule has 0 saturated carbocycles. The van der Waals surface area contributed by atoms with Crippen LogP contribution in [0.25, 0.3) is 5.57 Å². The topological polar surface area (TPSA) is 79.0 Å². The lowest BCUT2D eigenvalue weighted by atomic mass is 9.92. The van der Waals surface area contributed by atoms with Gasteiger partial charge in [0.1, 0.15) is 0 Å². The van der Waals surface area contributed by atoms with Crippen LogP contribution in [0.4, 0.5) is 0 Å². The second-order valence-corrected chi connectivity index (χ2v) is 4.45. The summed E-state index contributed by atoms with van der Waals surface area (Å²) in [6.45, 7) is 9.81. The molecule has 96 valence electrons. The van der Waals surface area contributed by atoms with Gasteiger partial charge in [-0.05, 0) is 43.0 Å². The molecule has 1 amide bonds. The van der Waals surface area contributed by atoms with Crippen LogP contribution in [-0.4, -0.2) is 11.9 Å². The Bertz CT molecular complexity index is 518. The van der Waals surface area contributed by atoms with Crippen LogP contribution in [0, 0.1) is 19.3 Å². The van der Waals surface area contributed by atoms with Gasteiger partial charge in [-0.1, -0.05) is 24.3 Å². The van der Waals surface area contributed by atoms with Gasteiger partial charge in [-0.25, -0.2) is 0 Å². The SMILES string of the molecule is C=C(C)c1ccc(C)c(CC(=O)NC(=N)N)c1C. The number of nitrogens with two attached hydrogens (primary N) is 1. The third kappa shape index (κ3) is 3.20. The predicted octanol–water partition coefficient (Wildman–Crippen LogP) is 1.89. The Hall–Kier alpha value is -2.10. The zero-order chi connectivity index (χ0) is 13.9. The maximum atomic E-state index is 11.7. The van der Waals surface area contributed by atoms with Crippen LogP contribution in [0.5, 0.6) is 0 Å². The van der Waals surface area contributed by atoms with Crippen molar-refractivity contribution in [1.82, 2.24) is 5.32 Å². The number of guanidine groups is 1. The van der Waals surface area contributed by atoms with E-state index in [4.69, 9.17) is 11.1 Å². The maximum absolute atomic E-state index is 11.7. The van der Waals surface area contributed by atoms with E-state index >= 15 is 0 Å². The molecule has 0 radical (unpaired) electrons. The zero-order valence-electron chi connectivity index (χ0n) is 11.1. The highest BCUT2D eigenvalue weighted by atomic mass is 16.1. The number of carbonyl (C=O) groups is 1. The van der Waals surface area contributed by atoms with E-state index in [0.29, 0.717) is 0 Å².